The maximum atomic E-state index is 12.8. The van der Waals surface area contributed by atoms with Crippen LogP contribution in [0, 0.1) is 5.92 Å². The first-order valence-electron chi connectivity index (χ1n) is 11.6. The van der Waals surface area contributed by atoms with Crippen molar-refractivity contribution in [3.05, 3.63) is 17.7 Å². The molecular weight excluding hydrogens is 408 g/mol. The summed E-state index contributed by atoms with van der Waals surface area (Å²) < 4.78 is 16.4. The molecule has 0 spiro atoms. The van der Waals surface area contributed by atoms with Crippen LogP contribution < -0.4 is 24.8 Å². The van der Waals surface area contributed by atoms with E-state index in [2.05, 4.69) is 15.6 Å². The van der Waals surface area contributed by atoms with E-state index < -0.39 is 0 Å². The highest BCUT2D eigenvalue weighted by atomic mass is 16.5. The Morgan fingerprint density at radius 1 is 1.06 bits per heavy atom. The topological polar surface area (TPSA) is 84.4 Å². The van der Waals surface area contributed by atoms with E-state index in [0.29, 0.717) is 24.6 Å². The van der Waals surface area contributed by atoms with Gasteiger partial charge in [0.15, 0.2) is 5.96 Å². The Labute approximate surface area is 191 Å². The number of carbonyl (C=O) groups is 1. The van der Waals surface area contributed by atoms with Gasteiger partial charge in [-0.25, -0.2) is 0 Å². The second-order valence-electron chi connectivity index (χ2n) is 8.51. The molecule has 1 unspecified atom stereocenters. The molecule has 1 aromatic rings. The number of hydrogen-bond donors (Lipinski definition) is 2. The van der Waals surface area contributed by atoms with Gasteiger partial charge in [0.25, 0.3) is 0 Å². The van der Waals surface area contributed by atoms with Crippen LogP contribution in [0.5, 0.6) is 17.2 Å². The molecule has 3 rings (SSSR count). The fourth-order valence-electron chi connectivity index (χ4n) is 4.70. The second kappa shape index (κ2) is 11.8. The molecule has 2 aliphatic rings. The number of nitrogens with one attached hydrogen (secondary N) is 2. The van der Waals surface area contributed by atoms with Crippen LogP contribution >= 0.6 is 0 Å². The number of hydrogen-bond acceptors (Lipinski definition) is 5. The zero-order valence-electron chi connectivity index (χ0n) is 19.9. The number of aliphatic imine (C=N–C) groups is 1. The van der Waals surface area contributed by atoms with E-state index in [4.69, 9.17) is 14.2 Å². The lowest BCUT2D eigenvalue weighted by atomic mass is 9.88. The smallest absolute Gasteiger partial charge is 0.225 e. The first-order valence-corrected chi connectivity index (χ1v) is 11.6. The number of guanidine groups is 1. The molecule has 1 aromatic carbocycles. The predicted octanol–water partition coefficient (Wildman–Crippen LogP) is 2.60. The highest BCUT2D eigenvalue weighted by molar-refractivity contribution is 5.81. The average molecular weight is 447 g/mol. The van der Waals surface area contributed by atoms with Crippen molar-refractivity contribution in [1.29, 1.82) is 0 Å². The van der Waals surface area contributed by atoms with Crippen LogP contribution in [0.3, 0.4) is 0 Å². The third-order valence-corrected chi connectivity index (χ3v) is 6.50. The molecule has 1 heterocycles. The molecule has 1 saturated carbocycles. The summed E-state index contributed by atoms with van der Waals surface area (Å²) in [5, 5.41) is 6.85. The Morgan fingerprint density at radius 3 is 2.34 bits per heavy atom. The third-order valence-electron chi connectivity index (χ3n) is 6.50. The van der Waals surface area contributed by atoms with Gasteiger partial charge in [-0.3, -0.25) is 9.79 Å². The van der Waals surface area contributed by atoms with Gasteiger partial charge < -0.3 is 29.7 Å². The SMILES string of the molecule is CN=C(NCCc1c(OC)cc(OC)cc1OC)NC1CCN(C(=O)C2CCCCC2)C1. The summed E-state index contributed by atoms with van der Waals surface area (Å²) in [7, 11) is 6.68. The Morgan fingerprint density at radius 2 is 1.75 bits per heavy atom. The number of rotatable bonds is 8. The molecule has 0 bridgehead atoms. The summed E-state index contributed by atoms with van der Waals surface area (Å²) in [6, 6.07) is 3.95. The molecule has 32 heavy (non-hydrogen) atoms. The minimum absolute atomic E-state index is 0.221. The normalized spacial score (nSPS) is 19.6. The van der Waals surface area contributed by atoms with Gasteiger partial charge in [0.2, 0.25) is 5.91 Å². The number of amides is 1. The number of methoxy groups -OCH3 is 3. The summed E-state index contributed by atoms with van der Waals surface area (Å²) in [5.41, 5.74) is 0.976. The number of carbonyl (C=O) groups excluding carboxylic acids is 1. The minimum atomic E-state index is 0.221. The molecule has 8 nitrogen and oxygen atoms in total. The monoisotopic (exact) mass is 446 g/mol. The van der Waals surface area contributed by atoms with Gasteiger partial charge in [0, 0.05) is 56.3 Å². The van der Waals surface area contributed by atoms with Crippen LogP contribution in [0.25, 0.3) is 0 Å². The predicted molar refractivity (Wildman–Crippen MR) is 126 cm³/mol. The molecule has 1 amide bonds. The molecule has 0 aromatic heterocycles. The number of likely N-dealkylation sites (tertiary alicyclic amines) is 1. The molecule has 1 aliphatic heterocycles. The van der Waals surface area contributed by atoms with Gasteiger partial charge >= 0.3 is 0 Å². The lowest BCUT2D eigenvalue weighted by Gasteiger charge is -2.26. The fraction of sp³-hybridized carbons (Fsp3) is 0.667. The summed E-state index contributed by atoms with van der Waals surface area (Å²) >= 11 is 0. The molecule has 1 saturated heterocycles. The van der Waals surface area contributed by atoms with Gasteiger partial charge in [-0.2, -0.15) is 0 Å². The number of ether oxygens (including phenoxy) is 3. The summed E-state index contributed by atoms with van der Waals surface area (Å²) in [6.07, 6.45) is 7.39. The highest BCUT2D eigenvalue weighted by Gasteiger charge is 2.31. The summed E-state index contributed by atoms with van der Waals surface area (Å²) in [5.74, 6) is 3.48. The highest BCUT2D eigenvalue weighted by Crippen LogP contribution is 2.34. The van der Waals surface area contributed by atoms with Crippen molar-refractivity contribution in [3.8, 4) is 17.2 Å². The largest absolute Gasteiger partial charge is 0.496 e. The number of nitrogens with zero attached hydrogens (tertiary/aromatic N) is 2. The van der Waals surface area contributed by atoms with E-state index in [9.17, 15) is 4.79 Å². The van der Waals surface area contributed by atoms with Crippen molar-refractivity contribution >= 4 is 11.9 Å². The van der Waals surface area contributed by atoms with Gasteiger partial charge in [-0.15, -0.1) is 0 Å². The van der Waals surface area contributed by atoms with Gasteiger partial charge in [0.1, 0.15) is 17.2 Å². The van der Waals surface area contributed by atoms with E-state index >= 15 is 0 Å². The van der Waals surface area contributed by atoms with Crippen molar-refractivity contribution < 1.29 is 19.0 Å². The van der Waals surface area contributed by atoms with Crippen LogP contribution in [-0.4, -0.2) is 70.8 Å². The van der Waals surface area contributed by atoms with Gasteiger partial charge in [0.05, 0.1) is 21.3 Å². The molecule has 2 N–H and O–H groups in total. The first-order chi connectivity index (χ1) is 15.6. The molecule has 178 valence electrons. The molecular formula is C24H38N4O4. The van der Waals surface area contributed by atoms with E-state index in [-0.39, 0.29) is 12.0 Å². The third kappa shape index (κ3) is 5.99. The molecule has 2 fully saturated rings. The van der Waals surface area contributed by atoms with E-state index in [1.807, 2.05) is 17.0 Å². The summed E-state index contributed by atoms with van der Waals surface area (Å²) in [6.45, 7) is 2.23. The fourth-order valence-corrected chi connectivity index (χ4v) is 4.70. The van der Waals surface area contributed by atoms with Crippen molar-refractivity contribution in [2.45, 2.75) is 51.0 Å². The zero-order valence-corrected chi connectivity index (χ0v) is 19.9. The van der Waals surface area contributed by atoms with Crippen molar-refractivity contribution in [2.24, 2.45) is 10.9 Å². The van der Waals surface area contributed by atoms with Crippen LogP contribution in [0.4, 0.5) is 0 Å². The van der Waals surface area contributed by atoms with Gasteiger partial charge in [-0.1, -0.05) is 19.3 Å². The van der Waals surface area contributed by atoms with Crippen molar-refractivity contribution in [2.75, 3.05) is 48.0 Å². The molecule has 1 atom stereocenters. The van der Waals surface area contributed by atoms with Gasteiger partial charge in [-0.05, 0) is 25.7 Å². The maximum Gasteiger partial charge on any atom is 0.225 e. The number of benzene rings is 1. The zero-order chi connectivity index (χ0) is 22.9. The van der Waals surface area contributed by atoms with Crippen LogP contribution in [0.15, 0.2) is 17.1 Å². The van der Waals surface area contributed by atoms with Crippen LogP contribution in [0.1, 0.15) is 44.1 Å². The molecule has 0 radical (unpaired) electrons. The first kappa shape index (κ1) is 24.0. The summed E-state index contributed by atoms with van der Waals surface area (Å²) in [4.78, 5) is 19.2. The Balaban J connectivity index is 1.50. The Hall–Kier alpha value is -2.64. The Bertz CT molecular complexity index is 767. The second-order valence-corrected chi connectivity index (χ2v) is 8.51. The van der Waals surface area contributed by atoms with E-state index in [0.717, 1.165) is 55.4 Å². The lowest BCUT2D eigenvalue weighted by Crippen LogP contribution is -2.46. The standard InChI is InChI=1S/C24H38N4O4/c1-25-24(26-12-10-20-21(31-3)14-19(30-2)15-22(20)32-4)27-18-11-13-28(16-18)23(29)17-8-6-5-7-9-17/h14-15,17-18H,5-13,16H2,1-4H3,(H2,25,26,27). The minimum Gasteiger partial charge on any atom is -0.496 e. The van der Waals surface area contributed by atoms with E-state index in [1.165, 1.54) is 19.3 Å². The quantitative estimate of drug-likeness (QED) is 0.472. The lowest BCUT2D eigenvalue weighted by molar-refractivity contribution is -0.135. The van der Waals surface area contributed by atoms with Crippen LogP contribution in [0.2, 0.25) is 0 Å². The average Bonchev–Trinajstić information content (AvgIpc) is 3.31. The van der Waals surface area contributed by atoms with Crippen molar-refractivity contribution in [1.82, 2.24) is 15.5 Å². The van der Waals surface area contributed by atoms with E-state index in [1.54, 1.807) is 28.4 Å². The van der Waals surface area contributed by atoms with Crippen molar-refractivity contribution in [3.63, 3.8) is 0 Å². The van der Waals surface area contributed by atoms with Crippen LogP contribution in [-0.2, 0) is 11.2 Å². The molecule has 1 aliphatic carbocycles. The molecule has 8 heteroatoms. The maximum absolute atomic E-state index is 12.8. The Kier molecular flexibility index (Phi) is 8.88.